The quantitative estimate of drug-likeness (QED) is 0.591. The third-order valence-electron chi connectivity index (χ3n) is 2.57. The first kappa shape index (κ1) is 8.52. The summed E-state index contributed by atoms with van der Waals surface area (Å²) < 4.78 is 11.1. The van der Waals surface area contributed by atoms with E-state index >= 15 is 0 Å². The van der Waals surface area contributed by atoms with Crippen LogP contribution < -0.4 is 0 Å². The molecule has 0 amide bonds. The van der Waals surface area contributed by atoms with Crippen LogP contribution in [0.4, 0.5) is 0 Å². The molecule has 2 atom stereocenters. The van der Waals surface area contributed by atoms with Gasteiger partial charge in [-0.05, 0) is 39.5 Å². The molecule has 1 saturated carbocycles. The summed E-state index contributed by atoms with van der Waals surface area (Å²) in [5, 5.41) is 0. The number of ether oxygens (including phenoxy) is 2. The fourth-order valence-corrected chi connectivity index (χ4v) is 1.85. The molecule has 0 aromatic heterocycles. The highest BCUT2D eigenvalue weighted by Gasteiger charge is 2.47. The van der Waals surface area contributed by atoms with Gasteiger partial charge < -0.3 is 9.47 Å². The predicted molar refractivity (Wildman–Crippen MR) is 47.1 cm³/mol. The number of rotatable bonds is 2. The summed E-state index contributed by atoms with van der Waals surface area (Å²) >= 11 is 0. The smallest absolute Gasteiger partial charge is 0.0845 e. The van der Waals surface area contributed by atoms with Gasteiger partial charge in [0.2, 0.25) is 0 Å². The third kappa shape index (κ3) is 1.99. The summed E-state index contributed by atoms with van der Waals surface area (Å²) in [6, 6.07) is 0. The summed E-state index contributed by atoms with van der Waals surface area (Å²) in [7, 11) is 0. The van der Waals surface area contributed by atoms with Gasteiger partial charge in [0.05, 0.1) is 24.4 Å². The predicted octanol–water partition coefficient (Wildman–Crippen LogP) is 1.98. The number of epoxide rings is 1. The van der Waals surface area contributed by atoms with Gasteiger partial charge in [0.25, 0.3) is 0 Å². The normalized spacial score (nSPS) is 39.8. The maximum atomic E-state index is 5.73. The first-order chi connectivity index (χ1) is 5.54. The van der Waals surface area contributed by atoms with Crippen molar-refractivity contribution < 1.29 is 9.47 Å². The zero-order valence-corrected chi connectivity index (χ0v) is 8.17. The van der Waals surface area contributed by atoms with Gasteiger partial charge in [0.15, 0.2) is 0 Å². The van der Waals surface area contributed by atoms with Crippen LogP contribution in [0.25, 0.3) is 0 Å². The zero-order chi connectivity index (χ0) is 8.77. The fraction of sp³-hybridized carbons (Fsp3) is 1.00. The van der Waals surface area contributed by atoms with E-state index in [0.717, 1.165) is 12.5 Å². The van der Waals surface area contributed by atoms with E-state index in [1.54, 1.807) is 0 Å². The van der Waals surface area contributed by atoms with Crippen molar-refractivity contribution in [3.8, 4) is 0 Å². The molecule has 2 unspecified atom stereocenters. The minimum Gasteiger partial charge on any atom is -0.376 e. The van der Waals surface area contributed by atoms with Crippen molar-refractivity contribution in [2.24, 2.45) is 5.92 Å². The summed E-state index contributed by atoms with van der Waals surface area (Å²) in [5.74, 6) is 0.757. The number of hydrogen-bond acceptors (Lipinski definition) is 2. The van der Waals surface area contributed by atoms with E-state index < -0.39 is 0 Å². The highest BCUT2D eigenvalue weighted by molar-refractivity contribution is 4.95. The van der Waals surface area contributed by atoms with Crippen molar-refractivity contribution in [1.29, 1.82) is 0 Å². The average molecular weight is 170 g/mol. The van der Waals surface area contributed by atoms with E-state index in [-0.39, 0.29) is 5.60 Å². The Morgan fingerprint density at radius 3 is 2.33 bits per heavy atom. The van der Waals surface area contributed by atoms with Crippen LogP contribution in [0.3, 0.4) is 0 Å². The second-order valence-electron chi connectivity index (χ2n) is 4.97. The SMILES string of the molecule is CC(C)(C)OCC1CC2OC2C1. The maximum absolute atomic E-state index is 5.73. The van der Waals surface area contributed by atoms with Crippen LogP contribution >= 0.6 is 0 Å². The number of fused-ring (bicyclic) bond motifs is 1. The van der Waals surface area contributed by atoms with Crippen molar-refractivity contribution in [3.63, 3.8) is 0 Å². The molecule has 0 bridgehead atoms. The van der Waals surface area contributed by atoms with Gasteiger partial charge in [-0.3, -0.25) is 0 Å². The Morgan fingerprint density at radius 2 is 1.83 bits per heavy atom. The topological polar surface area (TPSA) is 21.8 Å². The minimum atomic E-state index is 0.0215. The molecule has 1 heterocycles. The molecule has 0 aromatic rings. The molecule has 2 heteroatoms. The summed E-state index contributed by atoms with van der Waals surface area (Å²) in [6.45, 7) is 7.25. The van der Waals surface area contributed by atoms with Crippen LogP contribution in [0.1, 0.15) is 33.6 Å². The Balaban J connectivity index is 1.68. The monoisotopic (exact) mass is 170 g/mol. The number of hydrogen-bond donors (Lipinski definition) is 0. The van der Waals surface area contributed by atoms with Gasteiger partial charge in [0, 0.05) is 0 Å². The molecule has 2 aliphatic rings. The lowest BCUT2D eigenvalue weighted by Crippen LogP contribution is -2.23. The Morgan fingerprint density at radius 1 is 1.25 bits per heavy atom. The Bertz CT molecular complexity index is 161. The summed E-state index contributed by atoms with van der Waals surface area (Å²) in [4.78, 5) is 0. The van der Waals surface area contributed by atoms with Crippen LogP contribution in [0.15, 0.2) is 0 Å². The minimum absolute atomic E-state index is 0.0215. The maximum Gasteiger partial charge on any atom is 0.0845 e. The van der Waals surface area contributed by atoms with Crippen LogP contribution in [0.2, 0.25) is 0 Å². The molecule has 70 valence electrons. The van der Waals surface area contributed by atoms with E-state index in [4.69, 9.17) is 9.47 Å². The van der Waals surface area contributed by atoms with Crippen molar-refractivity contribution in [2.75, 3.05) is 6.61 Å². The Hall–Kier alpha value is -0.0800. The lowest BCUT2D eigenvalue weighted by molar-refractivity contribution is -0.0261. The Kier molecular flexibility index (Phi) is 1.92. The molecule has 0 radical (unpaired) electrons. The van der Waals surface area contributed by atoms with Gasteiger partial charge in [0.1, 0.15) is 0 Å². The summed E-state index contributed by atoms with van der Waals surface area (Å²) in [5.41, 5.74) is 0.0215. The molecule has 2 rings (SSSR count). The summed E-state index contributed by atoms with van der Waals surface area (Å²) in [6.07, 6.45) is 3.64. The lowest BCUT2D eigenvalue weighted by atomic mass is 10.1. The molecular formula is C10H18O2. The van der Waals surface area contributed by atoms with E-state index in [0.29, 0.717) is 12.2 Å². The van der Waals surface area contributed by atoms with E-state index in [1.165, 1.54) is 12.8 Å². The lowest BCUT2D eigenvalue weighted by Gasteiger charge is -2.22. The molecule has 2 fully saturated rings. The largest absolute Gasteiger partial charge is 0.376 e. The van der Waals surface area contributed by atoms with Gasteiger partial charge in [-0.1, -0.05) is 0 Å². The van der Waals surface area contributed by atoms with Crippen LogP contribution in [0, 0.1) is 5.92 Å². The molecule has 0 N–H and O–H groups in total. The van der Waals surface area contributed by atoms with E-state index in [2.05, 4.69) is 20.8 Å². The first-order valence-corrected chi connectivity index (χ1v) is 4.84. The molecule has 0 aromatic carbocycles. The molecule has 0 spiro atoms. The van der Waals surface area contributed by atoms with Gasteiger partial charge in [-0.25, -0.2) is 0 Å². The highest BCUT2D eigenvalue weighted by Crippen LogP contribution is 2.42. The van der Waals surface area contributed by atoms with Crippen molar-refractivity contribution >= 4 is 0 Å². The molecule has 2 nitrogen and oxygen atoms in total. The zero-order valence-electron chi connectivity index (χ0n) is 8.17. The van der Waals surface area contributed by atoms with Crippen LogP contribution in [-0.2, 0) is 9.47 Å². The Labute approximate surface area is 74.2 Å². The average Bonchev–Trinajstić information content (AvgIpc) is 2.54. The highest BCUT2D eigenvalue weighted by atomic mass is 16.6. The first-order valence-electron chi connectivity index (χ1n) is 4.84. The fourth-order valence-electron chi connectivity index (χ4n) is 1.85. The van der Waals surface area contributed by atoms with Crippen LogP contribution in [0.5, 0.6) is 0 Å². The molecule has 12 heavy (non-hydrogen) atoms. The second kappa shape index (κ2) is 2.71. The standard InChI is InChI=1S/C10H18O2/c1-10(2,3)11-6-7-4-8-9(5-7)12-8/h7-9H,4-6H2,1-3H3. The van der Waals surface area contributed by atoms with Gasteiger partial charge in [-0.2, -0.15) is 0 Å². The molecule has 1 saturated heterocycles. The van der Waals surface area contributed by atoms with E-state index in [1.807, 2.05) is 0 Å². The second-order valence-corrected chi connectivity index (χ2v) is 4.97. The van der Waals surface area contributed by atoms with Gasteiger partial charge >= 0.3 is 0 Å². The van der Waals surface area contributed by atoms with Gasteiger partial charge in [-0.15, -0.1) is 0 Å². The van der Waals surface area contributed by atoms with Crippen molar-refractivity contribution in [2.45, 2.75) is 51.4 Å². The van der Waals surface area contributed by atoms with Crippen molar-refractivity contribution in [3.05, 3.63) is 0 Å². The molecule has 1 aliphatic carbocycles. The molecular weight excluding hydrogens is 152 g/mol. The third-order valence-corrected chi connectivity index (χ3v) is 2.57. The van der Waals surface area contributed by atoms with E-state index in [9.17, 15) is 0 Å². The van der Waals surface area contributed by atoms with Crippen LogP contribution in [-0.4, -0.2) is 24.4 Å². The molecule has 1 aliphatic heterocycles. The van der Waals surface area contributed by atoms with Crippen molar-refractivity contribution in [1.82, 2.24) is 0 Å².